The molecule has 0 saturated heterocycles. The first-order valence-corrected chi connectivity index (χ1v) is 9.69. The van der Waals surface area contributed by atoms with E-state index in [0.29, 0.717) is 5.75 Å². The van der Waals surface area contributed by atoms with Crippen molar-refractivity contribution in [3.63, 3.8) is 0 Å². The van der Waals surface area contributed by atoms with Crippen LogP contribution >= 0.6 is 0 Å². The highest BCUT2D eigenvalue weighted by Crippen LogP contribution is 2.30. The number of hydrogen-bond donors (Lipinski definition) is 1. The van der Waals surface area contributed by atoms with Gasteiger partial charge in [-0.1, -0.05) is 78.9 Å². The molecule has 144 valence electrons. The SMILES string of the molecule is Cc1ccc(C)c(NC(=O)[C@H](Oc2cccc3ccccc23)c2ccccc2)c1. The minimum Gasteiger partial charge on any atom is -0.475 e. The van der Waals surface area contributed by atoms with E-state index in [1.54, 1.807) is 0 Å². The fraction of sp³-hybridized carbons (Fsp3) is 0.115. The molecule has 1 atom stereocenters. The summed E-state index contributed by atoms with van der Waals surface area (Å²) in [6.07, 6.45) is -0.762. The van der Waals surface area contributed by atoms with Crippen LogP contribution in [0.15, 0.2) is 91.0 Å². The van der Waals surface area contributed by atoms with Crippen LogP contribution in [0.2, 0.25) is 0 Å². The van der Waals surface area contributed by atoms with Crippen LogP contribution < -0.4 is 10.1 Å². The lowest BCUT2D eigenvalue weighted by Gasteiger charge is -2.21. The third-order valence-corrected chi connectivity index (χ3v) is 4.99. The number of anilines is 1. The van der Waals surface area contributed by atoms with Crippen molar-refractivity contribution in [1.82, 2.24) is 0 Å². The quantitative estimate of drug-likeness (QED) is 0.446. The molecule has 0 aliphatic rings. The lowest BCUT2D eigenvalue weighted by molar-refractivity contribution is -0.123. The Bertz CT molecular complexity index is 1150. The molecule has 4 rings (SSSR count). The van der Waals surface area contributed by atoms with E-state index < -0.39 is 6.10 Å². The summed E-state index contributed by atoms with van der Waals surface area (Å²) in [7, 11) is 0. The van der Waals surface area contributed by atoms with Gasteiger partial charge >= 0.3 is 0 Å². The fourth-order valence-electron chi connectivity index (χ4n) is 3.39. The number of aryl methyl sites for hydroxylation is 2. The van der Waals surface area contributed by atoms with E-state index >= 15 is 0 Å². The first kappa shape index (κ1) is 18.8. The van der Waals surface area contributed by atoms with Crippen LogP contribution in [0.5, 0.6) is 5.75 Å². The molecular formula is C26H23NO2. The number of amides is 1. The molecule has 0 spiro atoms. The number of carbonyl (C=O) groups excluding carboxylic acids is 1. The van der Waals surface area contributed by atoms with Gasteiger partial charge in [0.1, 0.15) is 5.75 Å². The molecule has 4 aromatic carbocycles. The van der Waals surface area contributed by atoms with Crippen LogP contribution in [0.4, 0.5) is 5.69 Å². The van der Waals surface area contributed by atoms with Crippen LogP contribution in [0.1, 0.15) is 22.8 Å². The Morgan fingerprint density at radius 2 is 1.55 bits per heavy atom. The molecule has 29 heavy (non-hydrogen) atoms. The van der Waals surface area contributed by atoms with Crippen molar-refractivity contribution in [3.8, 4) is 5.75 Å². The molecule has 0 bridgehead atoms. The standard InChI is InChI=1S/C26H23NO2/c1-18-15-16-19(2)23(17-18)27-26(28)25(21-10-4-3-5-11-21)29-24-14-8-12-20-9-6-7-13-22(20)24/h3-17,25H,1-2H3,(H,27,28)/t25-/m1/s1. The van der Waals surface area contributed by atoms with Gasteiger partial charge in [-0.25, -0.2) is 0 Å². The molecule has 0 radical (unpaired) electrons. The molecule has 0 aliphatic heterocycles. The van der Waals surface area contributed by atoms with Crippen molar-refractivity contribution in [2.45, 2.75) is 20.0 Å². The summed E-state index contributed by atoms with van der Waals surface area (Å²) in [5.41, 5.74) is 3.72. The highest BCUT2D eigenvalue weighted by atomic mass is 16.5. The molecule has 3 nitrogen and oxygen atoms in total. The molecule has 0 saturated carbocycles. The Morgan fingerprint density at radius 3 is 2.38 bits per heavy atom. The van der Waals surface area contributed by atoms with Crippen molar-refractivity contribution in [2.24, 2.45) is 0 Å². The Balaban J connectivity index is 1.70. The van der Waals surface area contributed by atoms with Crippen molar-refractivity contribution < 1.29 is 9.53 Å². The average Bonchev–Trinajstić information content (AvgIpc) is 2.75. The van der Waals surface area contributed by atoms with Crippen LogP contribution in [-0.2, 0) is 4.79 Å². The summed E-state index contributed by atoms with van der Waals surface area (Å²) in [6.45, 7) is 3.99. The van der Waals surface area contributed by atoms with Crippen LogP contribution in [0.25, 0.3) is 10.8 Å². The van der Waals surface area contributed by atoms with Crippen LogP contribution in [0, 0.1) is 13.8 Å². The second-order valence-corrected chi connectivity index (χ2v) is 7.19. The van der Waals surface area contributed by atoms with Crippen molar-refractivity contribution in [1.29, 1.82) is 0 Å². The number of fused-ring (bicyclic) bond motifs is 1. The lowest BCUT2D eigenvalue weighted by atomic mass is 10.1. The number of nitrogens with one attached hydrogen (secondary N) is 1. The molecule has 4 aromatic rings. The zero-order chi connectivity index (χ0) is 20.2. The fourth-order valence-corrected chi connectivity index (χ4v) is 3.39. The second kappa shape index (κ2) is 8.19. The van der Waals surface area contributed by atoms with E-state index in [0.717, 1.165) is 33.2 Å². The smallest absolute Gasteiger partial charge is 0.270 e. The molecule has 1 amide bonds. The van der Waals surface area contributed by atoms with Gasteiger partial charge in [0, 0.05) is 16.6 Å². The molecule has 3 heteroatoms. The molecular weight excluding hydrogens is 358 g/mol. The molecule has 0 fully saturated rings. The Kier molecular flexibility index (Phi) is 5.30. The van der Waals surface area contributed by atoms with Crippen LogP contribution in [0.3, 0.4) is 0 Å². The number of hydrogen-bond acceptors (Lipinski definition) is 2. The minimum absolute atomic E-state index is 0.196. The third kappa shape index (κ3) is 4.14. The van der Waals surface area contributed by atoms with E-state index in [4.69, 9.17) is 4.74 Å². The van der Waals surface area contributed by atoms with E-state index in [-0.39, 0.29) is 5.91 Å². The first-order chi connectivity index (χ1) is 14.1. The van der Waals surface area contributed by atoms with Gasteiger partial charge in [-0.05, 0) is 42.5 Å². The summed E-state index contributed by atoms with van der Waals surface area (Å²) in [4.78, 5) is 13.3. The zero-order valence-electron chi connectivity index (χ0n) is 16.6. The average molecular weight is 381 g/mol. The number of carbonyl (C=O) groups is 1. The van der Waals surface area contributed by atoms with E-state index in [1.165, 1.54) is 0 Å². The summed E-state index contributed by atoms with van der Waals surface area (Å²) < 4.78 is 6.31. The second-order valence-electron chi connectivity index (χ2n) is 7.19. The molecule has 0 unspecified atom stereocenters. The van der Waals surface area contributed by atoms with Gasteiger partial charge in [0.15, 0.2) is 0 Å². The molecule has 0 aromatic heterocycles. The maximum atomic E-state index is 13.3. The van der Waals surface area contributed by atoms with Gasteiger partial charge in [-0.3, -0.25) is 4.79 Å². The predicted molar refractivity (Wildman–Crippen MR) is 118 cm³/mol. The monoisotopic (exact) mass is 381 g/mol. The largest absolute Gasteiger partial charge is 0.475 e. The van der Waals surface area contributed by atoms with E-state index in [2.05, 4.69) is 5.32 Å². The third-order valence-electron chi connectivity index (χ3n) is 4.99. The summed E-state index contributed by atoms with van der Waals surface area (Å²) in [5.74, 6) is 0.492. The van der Waals surface area contributed by atoms with Gasteiger partial charge in [0.25, 0.3) is 5.91 Å². The Labute approximate surface area is 171 Å². The van der Waals surface area contributed by atoms with Crippen LogP contribution in [-0.4, -0.2) is 5.91 Å². The van der Waals surface area contributed by atoms with Gasteiger partial charge in [-0.15, -0.1) is 0 Å². The van der Waals surface area contributed by atoms with E-state index in [1.807, 2.05) is 105 Å². The first-order valence-electron chi connectivity index (χ1n) is 9.69. The number of ether oxygens (including phenoxy) is 1. The topological polar surface area (TPSA) is 38.3 Å². The Hall–Kier alpha value is -3.59. The molecule has 0 heterocycles. The zero-order valence-corrected chi connectivity index (χ0v) is 16.6. The van der Waals surface area contributed by atoms with Gasteiger partial charge in [0.2, 0.25) is 6.10 Å². The van der Waals surface area contributed by atoms with Crippen molar-refractivity contribution >= 4 is 22.4 Å². The highest BCUT2D eigenvalue weighted by molar-refractivity contribution is 5.96. The lowest BCUT2D eigenvalue weighted by Crippen LogP contribution is -2.26. The molecule has 1 N–H and O–H groups in total. The number of benzene rings is 4. The van der Waals surface area contributed by atoms with Crippen molar-refractivity contribution in [2.75, 3.05) is 5.32 Å². The summed E-state index contributed by atoms with van der Waals surface area (Å²) in [5, 5.41) is 5.11. The normalized spacial score (nSPS) is 11.8. The van der Waals surface area contributed by atoms with Gasteiger partial charge in [-0.2, -0.15) is 0 Å². The predicted octanol–water partition coefficient (Wildman–Crippen LogP) is 6.22. The van der Waals surface area contributed by atoms with E-state index in [9.17, 15) is 4.79 Å². The van der Waals surface area contributed by atoms with Crippen molar-refractivity contribution in [3.05, 3.63) is 108 Å². The molecule has 0 aliphatic carbocycles. The van der Waals surface area contributed by atoms with Gasteiger partial charge in [0.05, 0.1) is 0 Å². The summed E-state index contributed by atoms with van der Waals surface area (Å²) >= 11 is 0. The summed E-state index contributed by atoms with van der Waals surface area (Å²) in [6, 6.07) is 29.5. The maximum Gasteiger partial charge on any atom is 0.270 e. The Morgan fingerprint density at radius 1 is 0.828 bits per heavy atom. The highest BCUT2D eigenvalue weighted by Gasteiger charge is 2.24. The minimum atomic E-state index is -0.762. The maximum absolute atomic E-state index is 13.3. The number of rotatable bonds is 5. The van der Waals surface area contributed by atoms with Gasteiger partial charge < -0.3 is 10.1 Å².